The Kier molecular flexibility index (Phi) is 2.73. The highest BCUT2D eigenvalue weighted by Gasteiger charge is 2.11. The number of rotatable bonds is 2. The van der Waals surface area contributed by atoms with E-state index in [1.54, 1.807) is 24.8 Å². The first-order valence-corrected chi connectivity index (χ1v) is 8.43. The van der Waals surface area contributed by atoms with E-state index in [4.69, 9.17) is 0 Å². The summed E-state index contributed by atoms with van der Waals surface area (Å²) in [5.74, 6) is 0.661. The molecule has 0 bridgehead atoms. The van der Waals surface area contributed by atoms with Gasteiger partial charge in [-0.25, -0.2) is 9.97 Å². The molecular weight excluding hydrogens is 340 g/mol. The molecule has 6 heterocycles. The highest BCUT2D eigenvalue weighted by atomic mass is 15.0. The van der Waals surface area contributed by atoms with Crippen LogP contribution in [-0.2, 0) is 0 Å². The molecule has 0 saturated heterocycles. The lowest BCUT2D eigenvalue weighted by molar-refractivity contribution is 1.21. The van der Waals surface area contributed by atoms with Crippen LogP contribution in [0.1, 0.15) is 0 Å². The SMILES string of the molecule is c1cc2cc(-c3cc4nc(-c5cnc6cc[nH]c6n5)[nH]c4cn3)[nH]c2cn1. The molecule has 0 aliphatic rings. The van der Waals surface area contributed by atoms with Crippen molar-refractivity contribution in [1.82, 2.24) is 39.9 Å². The van der Waals surface area contributed by atoms with Crippen molar-refractivity contribution in [1.29, 1.82) is 0 Å². The molecule has 0 amide bonds. The van der Waals surface area contributed by atoms with Crippen LogP contribution in [0.2, 0.25) is 0 Å². The molecule has 6 aromatic heterocycles. The molecule has 0 aromatic carbocycles. The van der Waals surface area contributed by atoms with Gasteiger partial charge < -0.3 is 15.0 Å². The van der Waals surface area contributed by atoms with E-state index in [1.807, 2.05) is 24.4 Å². The Bertz CT molecular complexity index is 1410. The fourth-order valence-electron chi connectivity index (χ4n) is 3.23. The number of aromatic amines is 3. The average molecular weight is 352 g/mol. The van der Waals surface area contributed by atoms with Gasteiger partial charge in [-0.1, -0.05) is 0 Å². The fourth-order valence-corrected chi connectivity index (χ4v) is 3.23. The third kappa shape index (κ3) is 2.20. The van der Waals surface area contributed by atoms with Crippen molar-refractivity contribution in [2.24, 2.45) is 0 Å². The zero-order valence-electron chi connectivity index (χ0n) is 13.9. The van der Waals surface area contributed by atoms with Gasteiger partial charge in [-0.05, 0) is 24.3 Å². The molecular formula is C19H12N8. The van der Waals surface area contributed by atoms with Crippen LogP contribution < -0.4 is 0 Å². The number of nitrogens with zero attached hydrogens (tertiary/aromatic N) is 5. The molecule has 0 unspecified atom stereocenters. The van der Waals surface area contributed by atoms with Gasteiger partial charge in [0.1, 0.15) is 11.2 Å². The number of pyridine rings is 2. The van der Waals surface area contributed by atoms with Gasteiger partial charge in [0, 0.05) is 17.8 Å². The quantitative estimate of drug-likeness (QED) is 0.442. The molecule has 128 valence electrons. The van der Waals surface area contributed by atoms with Crippen molar-refractivity contribution in [2.75, 3.05) is 0 Å². The summed E-state index contributed by atoms with van der Waals surface area (Å²) < 4.78 is 0. The maximum atomic E-state index is 4.68. The Morgan fingerprint density at radius 3 is 2.74 bits per heavy atom. The van der Waals surface area contributed by atoms with E-state index in [0.29, 0.717) is 11.5 Å². The second-order valence-corrected chi connectivity index (χ2v) is 6.28. The predicted octanol–water partition coefficient (Wildman–Crippen LogP) is 3.44. The van der Waals surface area contributed by atoms with E-state index >= 15 is 0 Å². The zero-order valence-corrected chi connectivity index (χ0v) is 13.9. The summed E-state index contributed by atoms with van der Waals surface area (Å²) in [7, 11) is 0. The van der Waals surface area contributed by atoms with Gasteiger partial charge in [-0.3, -0.25) is 15.0 Å². The van der Waals surface area contributed by atoms with Crippen LogP contribution in [0, 0.1) is 0 Å². The minimum absolute atomic E-state index is 0.661. The third-order valence-corrected chi connectivity index (χ3v) is 4.57. The number of fused-ring (bicyclic) bond motifs is 3. The molecule has 0 aliphatic carbocycles. The molecule has 0 atom stereocenters. The van der Waals surface area contributed by atoms with Crippen LogP contribution in [0.4, 0.5) is 0 Å². The maximum Gasteiger partial charge on any atom is 0.158 e. The Morgan fingerprint density at radius 2 is 1.78 bits per heavy atom. The summed E-state index contributed by atoms with van der Waals surface area (Å²) in [4.78, 5) is 32.0. The number of imidazole rings is 1. The van der Waals surface area contributed by atoms with Crippen LogP contribution in [0.5, 0.6) is 0 Å². The molecule has 8 nitrogen and oxygen atoms in total. The van der Waals surface area contributed by atoms with E-state index in [-0.39, 0.29) is 0 Å². The Hall–Kier alpha value is -4.07. The lowest BCUT2D eigenvalue weighted by Gasteiger charge is -1.96. The average Bonchev–Trinajstić information content (AvgIpc) is 3.42. The highest BCUT2D eigenvalue weighted by Crippen LogP contribution is 2.25. The summed E-state index contributed by atoms with van der Waals surface area (Å²) in [5.41, 5.74) is 6.64. The second kappa shape index (κ2) is 5.21. The third-order valence-electron chi connectivity index (χ3n) is 4.57. The molecule has 0 saturated carbocycles. The van der Waals surface area contributed by atoms with E-state index in [0.717, 1.165) is 44.5 Å². The number of hydrogen-bond donors (Lipinski definition) is 3. The first-order chi connectivity index (χ1) is 13.3. The van der Waals surface area contributed by atoms with E-state index < -0.39 is 0 Å². The van der Waals surface area contributed by atoms with Gasteiger partial charge in [0.05, 0.1) is 46.5 Å². The van der Waals surface area contributed by atoms with Crippen molar-refractivity contribution >= 4 is 33.1 Å². The summed E-state index contributed by atoms with van der Waals surface area (Å²) in [6.45, 7) is 0. The minimum atomic E-state index is 0.661. The highest BCUT2D eigenvalue weighted by molar-refractivity contribution is 5.87. The van der Waals surface area contributed by atoms with Gasteiger partial charge in [0.2, 0.25) is 0 Å². The minimum Gasteiger partial charge on any atom is -0.352 e. The van der Waals surface area contributed by atoms with Crippen LogP contribution in [0.3, 0.4) is 0 Å². The van der Waals surface area contributed by atoms with Gasteiger partial charge in [-0.15, -0.1) is 0 Å². The summed E-state index contributed by atoms with van der Waals surface area (Å²) >= 11 is 0. The Balaban J connectivity index is 1.46. The lowest BCUT2D eigenvalue weighted by Crippen LogP contribution is -1.88. The Labute approximate surface area is 151 Å². The smallest absolute Gasteiger partial charge is 0.158 e. The van der Waals surface area contributed by atoms with Gasteiger partial charge in [0.15, 0.2) is 11.5 Å². The van der Waals surface area contributed by atoms with E-state index in [2.05, 4.69) is 45.9 Å². The normalized spacial score (nSPS) is 11.7. The fraction of sp³-hybridized carbons (Fsp3) is 0. The molecule has 27 heavy (non-hydrogen) atoms. The number of nitrogens with one attached hydrogen (secondary N) is 3. The van der Waals surface area contributed by atoms with Crippen molar-refractivity contribution < 1.29 is 0 Å². The first-order valence-electron chi connectivity index (χ1n) is 8.43. The molecule has 6 aromatic rings. The summed E-state index contributed by atoms with van der Waals surface area (Å²) in [6, 6.07) is 7.87. The summed E-state index contributed by atoms with van der Waals surface area (Å²) in [6.07, 6.45) is 8.90. The summed E-state index contributed by atoms with van der Waals surface area (Å²) in [5, 5.41) is 1.10. The molecule has 0 spiro atoms. The van der Waals surface area contributed by atoms with Crippen molar-refractivity contribution in [2.45, 2.75) is 0 Å². The molecule has 3 N–H and O–H groups in total. The van der Waals surface area contributed by atoms with Gasteiger partial charge in [0.25, 0.3) is 0 Å². The number of H-pyrrole nitrogens is 3. The maximum absolute atomic E-state index is 4.68. The topological polar surface area (TPSA) is 112 Å². The zero-order chi connectivity index (χ0) is 17.8. The number of aromatic nitrogens is 8. The van der Waals surface area contributed by atoms with E-state index in [9.17, 15) is 0 Å². The monoisotopic (exact) mass is 352 g/mol. The molecule has 8 heteroatoms. The van der Waals surface area contributed by atoms with Crippen molar-refractivity contribution in [3.63, 3.8) is 0 Å². The second-order valence-electron chi connectivity index (χ2n) is 6.28. The van der Waals surface area contributed by atoms with Gasteiger partial charge in [-0.2, -0.15) is 0 Å². The van der Waals surface area contributed by atoms with Gasteiger partial charge >= 0.3 is 0 Å². The van der Waals surface area contributed by atoms with Crippen LogP contribution in [0.25, 0.3) is 56.0 Å². The molecule has 6 rings (SSSR count). The van der Waals surface area contributed by atoms with Crippen molar-refractivity contribution in [3.8, 4) is 22.9 Å². The van der Waals surface area contributed by atoms with Crippen molar-refractivity contribution in [3.05, 3.63) is 55.2 Å². The van der Waals surface area contributed by atoms with E-state index in [1.165, 1.54) is 0 Å². The van der Waals surface area contributed by atoms with Crippen LogP contribution in [-0.4, -0.2) is 39.9 Å². The van der Waals surface area contributed by atoms with Crippen LogP contribution >= 0.6 is 0 Å². The largest absolute Gasteiger partial charge is 0.352 e. The first kappa shape index (κ1) is 14.1. The molecule has 0 radical (unpaired) electrons. The molecule has 0 aliphatic heterocycles. The molecule has 0 fully saturated rings. The standard InChI is InChI=1S/C19H12N8/c1-3-20-7-15-10(1)5-13(24-15)12-6-14-16(8-23-12)26-19(25-14)17-9-22-11-2-4-21-18(11)27-17/h1-9,24H,(H,21,27)(H,25,26). The predicted molar refractivity (Wildman–Crippen MR) is 102 cm³/mol. The number of hydrogen-bond acceptors (Lipinski definition) is 5. The lowest BCUT2D eigenvalue weighted by atomic mass is 10.2. The Morgan fingerprint density at radius 1 is 0.778 bits per heavy atom. The van der Waals surface area contributed by atoms with Crippen LogP contribution in [0.15, 0.2) is 55.2 Å².